The second kappa shape index (κ2) is 4.86. The number of aromatic nitrogens is 2. The number of hydrogen-bond donors (Lipinski definition) is 1. The Kier molecular flexibility index (Phi) is 3.17. The van der Waals surface area contributed by atoms with Gasteiger partial charge in [-0.3, -0.25) is 9.78 Å². The number of hydrogen-bond acceptors (Lipinski definition) is 4. The van der Waals surface area contributed by atoms with Gasteiger partial charge in [-0.05, 0) is 37.8 Å². The molecule has 1 heterocycles. The van der Waals surface area contributed by atoms with E-state index in [0.717, 1.165) is 12.8 Å². The second-order valence-electron chi connectivity index (χ2n) is 4.82. The molecule has 0 saturated heterocycles. The molecule has 0 radical (unpaired) electrons. The Labute approximate surface area is 116 Å². The van der Waals surface area contributed by atoms with Crippen LogP contribution in [0, 0.1) is 0 Å². The minimum Gasteiger partial charge on any atom is -0.297 e. The molecule has 6 heteroatoms. The lowest BCUT2D eigenvalue weighted by molar-refractivity contribution is 0.578. The Morgan fingerprint density at radius 1 is 1.05 bits per heavy atom. The lowest BCUT2D eigenvalue weighted by atomic mass is 9.97. The zero-order valence-corrected chi connectivity index (χ0v) is 11.6. The highest BCUT2D eigenvalue weighted by atomic mass is 32.2. The molecule has 1 aliphatic rings. The summed E-state index contributed by atoms with van der Waals surface area (Å²) in [5.74, 6) is 0. The number of benzene rings is 1. The first-order valence-electron chi connectivity index (χ1n) is 6.51. The molecule has 1 aliphatic carbocycles. The summed E-state index contributed by atoms with van der Waals surface area (Å²) in [5, 5.41) is -0.255. The number of fused-ring (bicyclic) bond motifs is 1. The first-order chi connectivity index (χ1) is 9.59. The largest absolute Gasteiger partial charge is 0.297 e. The number of nitrogens with one attached hydrogen (secondary N) is 1. The summed E-state index contributed by atoms with van der Waals surface area (Å²) in [6, 6.07) is 8.01. The molecule has 0 bridgehead atoms. The van der Waals surface area contributed by atoms with Crippen molar-refractivity contribution in [3.8, 4) is 0 Å². The smallest absolute Gasteiger partial charge is 0.255 e. The summed E-state index contributed by atoms with van der Waals surface area (Å²) in [6.45, 7) is 0. The summed E-state index contributed by atoms with van der Waals surface area (Å²) < 4.78 is 24.9. The molecule has 20 heavy (non-hydrogen) atoms. The standard InChI is InChI=1S/C14H14N2O3S/c17-13-11-8-4-5-9-12(11)15-14(16-13)20(18,19)10-6-2-1-3-7-10/h1-3,6-7H,4-5,8-9H2,(H,15,16,17). The van der Waals surface area contributed by atoms with Crippen LogP contribution in [0.5, 0.6) is 0 Å². The van der Waals surface area contributed by atoms with Gasteiger partial charge in [0.05, 0.1) is 10.6 Å². The van der Waals surface area contributed by atoms with Crippen molar-refractivity contribution in [2.75, 3.05) is 0 Å². The normalized spacial score (nSPS) is 14.8. The fourth-order valence-electron chi connectivity index (χ4n) is 2.42. The first kappa shape index (κ1) is 13.1. The fourth-order valence-corrected chi connectivity index (χ4v) is 3.62. The van der Waals surface area contributed by atoms with Crippen LogP contribution in [0.15, 0.2) is 45.2 Å². The van der Waals surface area contributed by atoms with E-state index in [1.807, 2.05) is 0 Å². The van der Waals surface area contributed by atoms with E-state index in [1.54, 1.807) is 18.2 Å². The molecule has 0 amide bonds. The highest BCUT2D eigenvalue weighted by molar-refractivity contribution is 7.91. The molecule has 1 aromatic heterocycles. The minimum atomic E-state index is -3.76. The van der Waals surface area contributed by atoms with Crippen LogP contribution in [-0.4, -0.2) is 18.4 Å². The van der Waals surface area contributed by atoms with Gasteiger partial charge in [0.25, 0.3) is 5.56 Å². The quantitative estimate of drug-likeness (QED) is 0.850. The summed E-state index contributed by atoms with van der Waals surface area (Å²) in [4.78, 5) is 18.7. The fraction of sp³-hybridized carbons (Fsp3) is 0.286. The number of rotatable bonds is 2. The summed E-state index contributed by atoms with van der Waals surface area (Å²) >= 11 is 0. The summed E-state index contributed by atoms with van der Waals surface area (Å²) in [5.41, 5.74) is 0.918. The van der Waals surface area contributed by atoms with E-state index in [1.165, 1.54) is 12.1 Å². The number of aryl methyl sites for hydroxylation is 1. The van der Waals surface area contributed by atoms with Crippen LogP contribution in [-0.2, 0) is 22.7 Å². The van der Waals surface area contributed by atoms with Crippen molar-refractivity contribution in [3.63, 3.8) is 0 Å². The third-order valence-electron chi connectivity index (χ3n) is 3.48. The van der Waals surface area contributed by atoms with E-state index >= 15 is 0 Å². The van der Waals surface area contributed by atoms with Gasteiger partial charge in [-0.2, -0.15) is 0 Å². The third kappa shape index (κ3) is 2.16. The van der Waals surface area contributed by atoms with Gasteiger partial charge in [0.15, 0.2) is 0 Å². The Bertz CT molecular complexity index is 795. The topological polar surface area (TPSA) is 79.9 Å². The molecule has 1 aromatic carbocycles. The SMILES string of the molecule is O=c1[nH]c(S(=O)(=O)c2ccccc2)nc2c1CCCC2. The Balaban J connectivity index is 2.16. The zero-order valence-electron chi connectivity index (χ0n) is 10.8. The maximum atomic E-state index is 12.4. The van der Waals surface area contributed by atoms with Crippen molar-refractivity contribution in [2.24, 2.45) is 0 Å². The lowest BCUT2D eigenvalue weighted by Crippen LogP contribution is -2.24. The summed E-state index contributed by atoms with van der Waals surface area (Å²) in [7, 11) is -3.76. The van der Waals surface area contributed by atoms with Crippen molar-refractivity contribution in [2.45, 2.75) is 35.7 Å². The van der Waals surface area contributed by atoms with Crippen LogP contribution in [0.2, 0.25) is 0 Å². The van der Waals surface area contributed by atoms with Crippen LogP contribution >= 0.6 is 0 Å². The van der Waals surface area contributed by atoms with Gasteiger partial charge >= 0.3 is 0 Å². The minimum absolute atomic E-state index is 0.138. The van der Waals surface area contributed by atoms with Crippen LogP contribution in [0.1, 0.15) is 24.1 Å². The van der Waals surface area contributed by atoms with Crippen LogP contribution in [0.3, 0.4) is 0 Å². The lowest BCUT2D eigenvalue weighted by Gasteiger charge is -2.14. The van der Waals surface area contributed by atoms with Crippen molar-refractivity contribution in [1.29, 1.82) is 0 Å². The molecule has 1 N–H and O–H groups in total. The van der Waals surface area contributed by atoms with Crippen LogP contribution < -0.4 is 5.56 Å². The van der Waals surface area contributed by atoms with Gasteiger partial charge in [0.1, 0.15) is 0 Å². The molecule has 5 nitrogen and oxygen atoms in total. The molecule has 104 valence electrons. The first-order valence-corrected chi connectivity index (χ1v) is 7.99. The summed E-state index contributed by atoms with van der Waals surface area (Å²) in [6.07, 6.45) is 3.22. The molecule has 0 unspecified atom stereocenters. The van der Waals surface area contributed by atoms with Crippen LogP contribution in [0.25, 0.3) is 0 Å². The molecule has 0 fully saturated rings. The van der Waals surface area contributed by atoms with E-state index < -0.39 is 9.84 Å². The highest BCUT2D eigenvalue weighted by Crippen LogP contribution is 2.20. The second-order valence-corrected chi connectivity index (χ2v) is 6.68. The zero-order chi connectivity index (χ0) is 14.2. The Hall–Kier alpha value is -1.95. The molecular weight excluding hydrogens is 276 g/mol. The molecular formula is C14H14N2O3S. The Morgan fingerprint density at radius 3 is 2.50 bits per heavy atom. The van der Waals surface area contributed by atoms with Gasteiger partial charge in [-0.15, -0.1) is 0 Å². The van der Waals surface area contributed by atoms with Crippen molar-refractivity contribution < 1.29 is 8.42 Å². The van der Waals surface area contributed by atoms with Crippen LogP contribution in [0.4, 0.5) is 0 Å². The number of aromatic amines is 1. The highest BCUT2D eigenvalue weighted by Gasteiger charge is 2.24. The molecule has 0 atom stereocenters. The molecule has 0 spiro atoms. The van der Waals surface area contributed by atoms with E-state index in [9.17, 15) is 13.2 Å². The number of H-pyrrole nitrogens is 1. The molecule has 0 saturated carbocycles. The predicted molar refractivity (Wildman–Crippen MR) is 73.4 cm³/mol. The van der Waals surface area contributed by atoms with Crippen molar-refractivity contribution in [1.82, 2.24) is 9.97 Å². The van der Waals surface area contributed by atoms with E-state index in [0.29, 0.717) is 24.1 Å². The van der Waals surface area contributed by atoms with Gasteiger partial charge in [0, 0.05) is 5.56 Å². The van der Waals surface area contributed by atoms with Crippen molar-refractivity contribution in [3.05, 3.63) is 51.9 Å². The number of sulfone groups is 1. The van der Waals surface area contributed by atoms with E-state index in [4.69, 9.17) is 0 Å². The van der Waals surface area contributed by atoms with Gasteiger partial charge in [-0.25, -0.2) is 13.4 Å². The van der Waals surface area contributed by atoms with Gasteiger partial charge < -0.3 is 0 Å². The van der Waals surface area contributed by atoms with Gasteiger partial charge in [-0.1, -0.05) is 18.2 Å². The average molecular weight is 290 g/mol. The monoisotopic (exact) mass is 290 g/mol. The maximum absolute atomic E-state index is 12.4. The molecule has 3 rings (SSSR count). The molecule has 0 aliphatic heterocycles. The third-order valence-corrected chi connectivity index (χ3v) is 5.07. The Morgan fingerprint density at radius 2 is 1.75 bits per heavy atom. The van der Waals surface area contributed by atoms with Gasteiger partial charge in [0.2, 0.25) is 15.0 Å². The molecule has 2 aromatic rings. The van der Waals surface area contributed by atoms with E-state index in [2.05, 4.69) is 9.97 Å². The average Bonchev–Trinajstić information content (AvgIpc) is 2.48. The van der Waals surface area contributed by atoms with Crippen molar-refractivity contribution >= 4 is 9.84 Å². The van der Waals surface area contributed by atoms with E-state index in [-0.39, 0.29) is 15.6 Å². The number of nitrogens with zero attached hydrogens (tertiary/aromatic N) is 1. The maximum Gasteiger partial charge on any atom is 0.255 e. The predicted octanol–water partition coefficient (Wildman–Crippen LogP) is 1.48.